The molecule has 0 unspecified atom stereocenters. The van der Waals surface area contributed by atoms with Crippen LogP contribution in [-0.4, -0.2) is 21.5 Å². The summed E-state index contributed by atoms with van der Waals surface area (Å²) in [5.41, 5.74) is 1.96. The minimum Gasteiger partial charge on any atom is -0.487 e. The monoisotopic (exact) mass is 288 g/mol. The van der Waals surface area contributed by atoms with Gasteiger partial charge in [0.1, 0.15) is 12.4 Å². The number of para-hydroxylation sites is 1. The van der Waals surface area contributed by atoms with Crippen LogP contribution in [0, 0.1) is 0 Å². The number of ether oxygens (including phenoxy) is 1. The van der Waals surface area contributed by atoms with Crippen LogP contribution >= 0.6 is 0 Å². The summed E-state index contributed by atoms with van der Waals surface area (Å²) >= 11 is 0. The fourth-order valence-corrected chi connectivity index (χ4v) is 2.44. The Hall–Kier alpha value is -1.81. The number of hydrogen-bond donors (Lipinski definition) is 1. The molecule has 1 N–H and O–H groups in total. The van der Waals surface area contributed by atoms with E-state index in [1.54, 1.807) is 0 Å². The molecular formula is C17H24N2O2. The molecular weight excluding hydrogens is 264 g/mol. The lowest BCUT2D eigenvalue weighted by atomic mass is 10.1. The van der Waals surface area contributed by atoms with Crippen molar-refractivity contribution < 1.29 is 9.84 Å². The van der Waals surface area contributed by atoms with E-state index >= 15 is 0 Å². The molecule has 4 nitrogen and oxygen atoms in total. The molecule has 1 aromatic heterocycles. The highest BCUT2D eigenvalue weighted by Crippen LogP contribution is 2.20. The Morgan fingerprint density at radius 3 is 2.67 bits per heavy atom. The summed E-state index contributed by atoms with van der Waals surface area (Å²) in [7, 11) is 0. The third-order valence-corrected chi connectivity index (χ3v) is 3.71. The molecule has 0 amide bonds. The number of aliphatic hydroxyl groups excluding tert-OH is 1. The zero-order chi connectivity index (χ0) is 15.1. The molecule has 0 atom stereocenters. The first-order chi connectivity index (χ1) is 10.3. The summed E-state index contributed by atoms with van der Waals surface area (Å²) in [6.45, 7) is 4.94. The van der Waals surface area contributed by atoms with Crippen molar-refractivity contribution >= 4 is 0 Å². The Kier molecular flexibility index (Phi) is 5.81. The summed E-state index contributed by atoms with van der Waals surface area (Å²) in [5.74, 6) is 0.823. The number of rotatable bonds is 8. The number of benzene rings is 1. The van der Waals surface area contributed by atoms with Crippen molar-refractivity contribution in [1.29, 1.82) is 0 Å². The van der Waals surface area contributed by atoms with Gasteiger partial charge in [-0.05, 0) is 37.0 Å². The van der Waals surface area contributed by atoms with Crippen molar-refractivity contribution in [2.75, 3.05) is 6.61 Å². The van der Waals surface area contributed by atoms with Gasteiger partial charge in [0, 0.05) is 12.8 Å². The van der Waals surface area contributed by atoms with Gasteiger partial charge in [-0.15, -0.1) is 0 Å². The van der Waals surface area contributed by atoms with Gasteiger partial charge in [0.15, 0.2) is 0 Å². The molecule has 4 heteroatoms. The highest BCUT2D eigenvalue weighted by Gasteiger charge is 2.09. The molecule has 0 radical (unpaired) electrons. The van der Waals surface area contributed by atoms with Crippen molar-refractivity contribution in [2.24, 2.45) is 0 Å². The molecule has 114 valence electrons. The standard InChI is InChI=1S/C17H24N2O2/c1-3-16(4-2)19-11-9-15(18-19)13-21-17-8-6-5-7-14(17)10-12-20/h5-9,11,16,20H,3-4,10,12-13H2,1-2H3. The highest BCUT2D eigenvalue weighted by molar-refractivity contribution is 5.33. The third kappa shape index (κ3) is 4.08. The zero-order valence-corrected chi connectivity index (χ0v) is 12.8. The fraction of sp³-hybridized carbons (Fsp3) is 0.471. The summed E-state index contributed by atoms with van der Waals surface area (Å²) in [5, 5.41) is 13.7. The van der Waals surface area contributed by atoms with E-state index in [9.17, 15) is 0 Å². The first kappa shape index (κ1) is 15.6. The average molecular weight is 288 g/mol. The molecule has 0 aliphatic heterocycles. The van der Waals surface area contributed by atoms with Crippen LogP contribution in [0.4, 0.5) is 0 Å². The lowest BCUT2D eigenvalue weighted by Gasteiger charge is -2.12. The summed E-state index contributed by atoms with van der Waals surface area (Å²) < 4.78 is 7.88. The smallest absolute Gasteiger partial charge is 0.132 e. The van der Waals surface area contributed by atoms with Crippen LogP contribution < -0.4 is 4.74 Å². The second-order valence-electron chi connectivity index (χ2n) is 5.13. The van der Waals surface area contributed by atoms with Crippen LogP contribution in [0.2, 0.25) is 0 Å². The van der Waals surface area contributed by atoms with Crippen molar-refractivity contribution in [3.05, 3.63) is 47.8 Å². The Balaban J connectivity index is 2.00. The van der Waals surface area contributed by atoms with E-state index in [2.05, 4.69) is 18.9 Å². The zero-order valence-electron chi connectivity index (χ0n) is 12.8. The summed E-state index contributed by atoms with van der Waals surface area (Å²) in [6, 6.07) is 10.3. The molecule has 0 bridgehead atoms. The first-order valence-corrected chi connectivity index (χ1v) is 7.64. The normalized spacial score (nSPS) is 11.0. The molecule has 1 aromatic carbocycles. The average Bonchev–Trinajstić information content (AvgIpc) is 2.97. The van der Waals surface area contributed by atoms with E-state index in [1.165, 1.54) is 0 Å². The van der Waals surface area contributed by atoms with E-state index in [1.807, 2.05) is 41.2 Å². The molecule has 0 saturated heterocycles. The van der Waals surface area contributed by atoms with Crippen LogP contribution in [-0.2, 0) is 13.0 Å². The van der Waals surface area contributed by atoms with Gasteiger partial charge in [-0.1, -0.05) is 32.0 Å². The molecule has 21 heavy (non-hydrogen) atoms. The van der Waals surface area contributed by atoms with Crippen molar-refractivity contribution in [3.8, 4) is 5.75 Å². The van der Waals surface area contributed by atoms with Gasteiger partial charge >= 0.3 is 0 Å². The molecule has 0 fully saturated rings. The number of aliphatic hydroxyl groups is 1. The van der Waals surface area contributed by atoms with Gasteiger partial charge in [0.2, 0.25) is 0 Å². The highest BCUT2D eigenvalue weighted by atomic mass is 16.5. The number of nitrogens with zero attached hydrogens (tertiary/aromatic N) is 2. The van der Waals surface area contributed by atoms with Crippen molar-refractivity contribution in [1.82, 2.24) is 9.78 Å². The SMILES string of the molecule is CCC(CC)n1ccc(COc2ccccc2CCO)n1. The van der Waals surface area contributed by atoms with Gasteiger partial charge in [-0.3, -0.25) is 4.68 Å². The maximum absolute atomic E-state index is 9.08. The minimum atomic E-state index is 0.129. The Labute approximate surface area is 126 Å². The second-order valence-corrected chi connectivity index (χ2v) is 5.13. The van der Waals surface area contributed by atoms with Crippen LogP contribution in [0.1, 0.15) is 44.0 Å². The molecule has 0 saturated carbocycles. The Morgan fingerprint density at radius 1 is 1.19 bits per heavy atom. The van der Waals surface area contributed by atoms with Crippen LogP contribution in [0.15, 0.2) is 36.5 Å². The van der Waals surface area contributed by atoms with Crippen molar-refractivity contribution in [2.45, 2.75) is 45.8 Å². The van der Waals surface area contributed by atoms with Gasteiger partial charge in [-0.2, -0.15) is 5.10 Å². The molecule has 0 spiro atoms. The van der Waals surface area contributed by atoms with Gasteiger partial charge in [0.05, 0.1) is 11.7 Å². The van der Waals surface area contributed by atoms with Crippen LogP contribution in [0.3, 0.4) is 0 Å². The van der Waals surface area contributed by atoms with Gasteiger partial charge in [-0.25, -0.2) is 0 Å². The first-order valence-electron chi connectivity index (χ1n) is 7.64. The maximum atomic E-state index is 9.08. The predicted molar refractivity (Wildman–Crippen MR) is 83.4 cm³/mol. The molecule has 0 aliphatic carbocycles. The third-order valence-electron chi connectivity index (χ3n) is 3.71. The molecule has 2 aromatic rings. The molecule has 0 aliphatic rings. The van der Waals surface area contributed by atoms with Crippen LogP contribution in [0.5, 0.6) is 5.75 Å². The lowest BCUT2D eigenvalue weighted by Crippen LogP contribution is -2.08. The quantitative estimate of drug-likeness (QED) is 0.810. The fourth-order valence-electron chi connectivity index (χ4n) is 2.44. The van der Waals surface area contributed by atoms with Gasteiger partial charge in [0.25, 0.3) is 0 Å². The minimum absolute atomic E-state index is 0.129. The molecule has 1 heterocycles. The Morgan fingerprint density at radius 2 is 1.95 bits per heavy atom. The number of hydrogen-bond acceptors (Lipinski definition) is 3. The van der Waals surface area contributed by atoms with Crippen LogP contribution in [0.25, 0.3) is 0 Å². The van der Waals surface area contributed by atoms with E-state index in [4.69, 9.17) is 9.84 Å². The molecule has 2 rings (SSSR count). The number of aromatic nitrogens is 2. The largest absolute Gasteiger partial charge is 0.487 e. The predicted octanol–water partition coefficient (Wildman–Crippen LogP) is 3.36. The van der Waals surface area contributed by atoms with E-state index in [-0.39, 0.29) is 6.61 Å². The summed E-state index contributed by atoms with van der Waals surface area (Å²) in [6.07, 6.45) is 4.80. The topological polar surface area (TPSA) is 47.3 Å². The van der Waals surface area contributed by atoms with E-state index < -0.39 is 0 Å². The van der Waals surface area contributed by atoms with Gasteiger partial charge < -0.3 is 9.84 Å². The second kappa shape index (κ2) is 7.84. The lowest BCUT2D eigenvalue weighted by molar-refractivity contribution is 0.280. The summed E-state index contributed by atoms with van der Waals surface area (Å²) in [4.78, 5) is 0. The van der Waals surface area contributed by atoms with Crippen molar-refractivity contribution in [3.63, 3.8) is 0 Å². The Bertz CT molecular complexity index is 547. The van der Waals surface area contributed by atoms with E-state index in [0.717, 1.165) is 29.8 Å². The van der Waals surface area contributed by atoms with E-state index in [0.29, 0.717) is 19.1 Å². The maximum Gasteiger partial charge on any atom is 0.132 e.